The maximum absolute atomic E-state index is 9.49. The van der Waals surface area contributed by atoms with E-state index < -0.39 is 11.9 Å². The topological polar surface area (TPSA) is 80.3 Å². The minimum atomic E-state index is -0.995. The first-order valence-electron chi connectivity index (χ1n) is 3.44. The minimum absolute atomic E-state index is 0. The second kappa shape index (κ2) is 19.2. The fourth-order valence-corrected chi connectivity index (χ4v) is 0.204. The third kappa shape index (κ3) is 42.1. The van der Waals surface area contributed by atoms with Crippen LogP contribution in [0.2, 0.25) is 0 Å². The molecule has 0 saturated carbocycles. The summed E-state index contributed by atoms with van der Waals surface area (Å²) in [5.74, 6) is -1.96. The van der Waals surface area contributed by atoms with Gasteiger partial charge in [0.1, 0.15) is 0 Å². The van der Waals surface area contributed by atoms with Crippen LogP contribution >= 0.6 is 0 Å². The Kier molecular flexibility index (Phi) is 35.5. The van der Waals surface area contributed by atoms with Crippen LogP contribution in [-0.4, -0.2) is 11.9 Å². The van der Waals surface area contributed by atoms with Gasteiger partial charge >= 0.3 is 80.9 Å². The molecule has 0 aromatic heterocycles. The Morgan fingerprint density at radius 2 is 1.38 bits per heavy atom. The van der Waals surface area contributed by atoms with E-state index in [0.717, 1.165) is 0 Å². The molecule has 0 aliphatic carbocycles. The quantitative estimate of drug-likeness (QED) is 0.444. The first-order chi connectivity index (χ1) is 5.04. The molecule has 6 heteroatoms. The molecule has 0 aliphatic rings. The Morgan fingerprint density at radius 1 is 1.08 bits per heavy atom. The van der Waals surface area contributed by atoms with Gasteiger partial charge in [-0.25, -0.2) is 0 Å². The summed E-state index contributed by atoms with van der Waals surface area (Å²) in [6, 6.07) is 0. The molecule has 0 aromatic rings. The van der Waals surface area contributed by atoms with Gasteiger partial charge in [0.15, 0.2) is 0 Å². The number of carbonyl (C=O) groups is 2. The maximum Gasteiger partial charge on any atom is 1.00 e. The predicted octanol–water partition coefficient (Wildman–Crippen LogP) is -7.31. The predicted molar refractivity (Wildman–Crippen MR) is 35.2 cm³/mol. The molecule has 0 bridgehead atoms. The molecule has 4 nitrogen and oxygen atoms in total. The van der Waals surface area contributed by atoms with Gasteiger partial charge in [-0.3, -0.25) is 0 Å². The average Bonchev–Trinajstić information content (AvgIpc) is 1.89. The summed E-state index contributed by atoms with van der Waals surface area (Å²) in [7, 11) is 0. The molecule has 0 aliphatic heterocycles. The van der Waals surface area contributed by atoms with Gasteiger partial charge in [-0.05, 0) is 12.8 Å². The standard InChI is InChI=1S/C4H8O2.C3H6O2.K.Na/c1-2-3-4(5)6;1-2-3(4)5;;/h2-3H2,1H3,(H,5,6);2H2,1H3,(H,4,5);;/q;;2*+1/p-2. The molecular formula is C7H12KNaO4. The SMILES string of the molecule is CCC(=O)[O-].CCCC(=O)[O-].[K+].[Na+]. The Hall–Kier alpha value is 1.58. The Bertz CT molecular complexity index is 130. The van der Waals surface area contributed by atoms with Gasteiger partial charge in [-0.1, -0.05) is 20.3 Å². The summed E-state index contributed by atoms with van der Waals surface area (Å²) in [6.45, 7) is 3.34. The minimum Gasteiger partial charge on any atom is -0.550 e. The molecule has 0 spiro atoms. The van der Waals surface area contributed by atoms with Crippen LogP contribution in [-0.2, 0) is 9.59 Å². The van der Waals surface area contributed by atoms with E-state index in [-0.39, 0.29) is 93.8 Å². The molecule has 0 N–H and O–H groups in total. The Labute approximate surface area is 143 Å². The van der Waals surface area contributed by atoms with Crippen molar-refractivity contribution in [2.45, 2.75) is 33.1 Å². The number of hydrogen-bond donors (Lipinski definition) is 0. The van der Waals surface area contributed by atoms with Crippen molar-refractivity contribution < 1.29 is 101 Å². The van der Waals surface area contributed by atoms with Crippen molar-refractivity contribution in [1.29, 1.82) is 0 Å². The van der Waals surface area contributed by atoms with E-state index in [1.165, 1.54) is 6.92 Å². The Balaban J connectivity index is -0.0000000546. The van der Waals surface area contributed by atoms with Crippen molar-refractivity contribution in [3.8, 4) is 0 Å². The smallest absolute Gasteiger partial charge is 0.550 e. The van der Waals surface area contributed by atoms with Crippen molar-refractivity contribution in [3.05, 3.63) is 0 Å². The third-order valence-corrected chi connectivity index (χ3v) is 0.743. The summed E-state index contributed by atoms with van der Waals surface area (Å²) in [5, 5.41) is 18.7. The number of hydrogen-bond acceptors (Lipinski definition) is 4. The van der Waals surface area contributed by atoms with Gasteiger partial charge in [0.05, 0.1) is 0 Å². The molecule has 0 heterocycles. The average molecular weight is 222 g/mol. The molecule has 0 amide bonds. The largest absolute Gasteiger partial charge is 1.00 e. The van der Waals surface area contributed by atoms with Gasteiger partial charge in [0, 0.05) is 11.9 Å². The molecular weight excluding hydrogens is 210 g/mol. The monoisotopic (exact) mass is 222 g/mol. The van der Waals surface area contributed by atoms with Gasteiger partial charge < -0.3 is 19.8 Å². The Morgan fingerprint density at radius 3 is 1.38 bits per heavy atom. The number of carbonyl (C=O) groups excluding carboxylic acids is 2. The van der Waals surface area contributed by atoms with E-state index in [1.807, 2.05) is 0 Å². The zero-order chi connectivity index (χ0) is 9.28. The van der Waals surface area contributed by atoms with Crippen LogP contribution in [0.5, 0.6) is 0 Å². The fourth-order valence-electron chi connectivity index (χ4n) is 0.204. The van der Waals surface area contributed by atoms with E-state index >= 15 is 0 Å². The van der Waals surface area contributed by atoms with Crippen molar-refractivity contribution in [2.24, 2.45) is 0 Å². The molecule has 0 saturated heterocycles. The fraction of sp³-hybridized carbons (Fsp3) is 0.714. The molecule has 0 aromatic carbocycles. The van der Waals surface area contributed by atoms with Gasteiger partial charge in [0.2, 0.25) is 0 Å². The summed E-state index contributed by atoms with van der Waals surface area (Å²) in [4.78, 5) is 18.7. The van der Waals surface area contributed by atoms with Crippen LogP contribution in [0.3, 0.4) is 0 Å². The number of carboxylic acid groups (broad SMARTS) is 2. The number of aliphatic carboxylic acids is 2. The van der Waals surface area contributed by atoms with E-state index in [9.17, 15) is 19.8 Å². The first-order valence-corrected chi connectivity index (χ1v) is 3.44. The van der Waals surface area contributed by atoms with Gasteiger partial charge in [-0.2, -0.15) is 0 Å². The van der Waals surface area contributed by atoms with E-state index in [4.69, 9.17) is 0 Å². The van der Waals surface area contributed by atoms with Crippen molar-refractivity contribution in [1.82, 2.24) is 0 Å². The normalized spacial score (nSPS) is 6.62. The van der Waals surface area contributed by atoms with Crippen molar-refractivity contribution in [2.75, 3.05) is 0 Å². The van der Waals surface area contributed by atoms with Crippen LogP contribution in [0.1, 0.15) is 33.1 Å². The molecule has 0 fully saturated rings. The molecule has 0 unspecified atom stereocenters. The molecule has 0 radical (unpaired) electrons. The maximum atomic E-state index is 9.49. The van der Waals surface area contributed by atoms with E-state index in [2.05, 4.69) is 0 Å². The number of carboxylic acids is 2. The van der Waals surface area contributed by atoms with Crippen LogP contribution in [0.4, 0.5) is 0 Å². The summed E-state index contributed by atoms with van der Waals surface area (Å²) >= 11 is 0. The zero-order valence-corrected chi connectivity index (χ0v) is 13.9. The van der Waals surface area contributed by atoms with Crippen LogP contribution in [0.25, 0.3) is 0 Å². The summed E-state index contributed by atoms with van der Waals surface area (Å²) in [6.07, 6.45) is 0.961. The molecule has 66 valence electrons. The second-order valence-electron chi connectivity index (χ2n) is 1.85. The summed E-state index contributed by atoms with van der Waals surface area (Å²) < 4.78 is 0. The van der Waals surface area contributed by atoms with Gasteiger partial charge in [0.25, 0.3) is 0 Å². The molecule has 0 rings (SSSR count). The van der Waals surface area contributed by atoms with Crippen LogP contribution in [0.15, 0.2) is 0 Å². The second-order valence-corrected chi connectivity index (χ2v) is 1.85. The van der Waals surface area contributed by atoms with Crippen molar-refractivity contribution >= 4 is 11.9 Å². The summed E-state index contributed by atoms with van der Waals surface area (Å²) in [5.41, 5.74) is 0. The van der Waals surface area contributed by atoms with Crippen molar-refractivity contribution in [3.63, 3.8) is 0 Å². The van der Waals surface area contributed by atoms with Crippen LogP contribution < -0.4 is 91.2 Å². The van der Waals surface area contributed by atoms with E-state index in [0.29, 0.717) is 6.42 Å². The third-order valence-electron chi connectivity index (χ3n) is 0.743. The molecule has 0 atom stereocenters. The van der Waals surface area contributed by atoms with E-state index in [1.54, 1.807) is 6.92 Å². The number of rotatable bonds is 3. The van der Waals surface area contributed by atoms with Gasteiger partial charge in [-0.15, -0.1) is 0 Å². The van der Waals surface area contributed by atoms with Crippen LogP contribution in [0, 0.1) is 0 Å². The molecule has 13 heavy (non-hydrogen) atoms. The zero-order valence-electron chi connectivity index (χ0n) is 8.75. The first kappa shape index (κ1) is 24.0.